The highest BCUT2D eigenvalue weighted by molar-refractivity contribution is 8.00. The first kappa shape index (κ1) is 20.9. The van der Waals surface area contributed by atoms with Gasteiger partial charge < -0.3 is 10.1 Å². The van der Waals surface area contributed by atoms with Gasteiger partial charge in [0.05, 0.1) is 29.6 Å². The molecule has 1 heterocycles. The predicted molar refractivity (Wildman–Crippen MR) is 126 cm³/mol. The SMILES string of the molecule is COc1ccc(NC(=O)CSc2nc3ccccc3nc2Cc2ccc(C)cc2)cc1. The molecule has 0 spiro atoms. The van der Waals surface area contributed by atoms with Crippen LogP contribution in [0.3, 0.4) is 0 Å². The summed E-state index contributed by atoms with van der Waals surface area (Å²) >= 11 is 1.41. The Bertz CT molecular complexity index is 1190. The van der Waals surface area contributed by atoms with Crippen molar-refractivity contribution < 1.29 is 9.53 Å². The van der Waals surface area contributed by atoms with E-state index in [2.05, 4.69) is 36.5 Å². The van der Waals surface area contributed by atoms with E-state index in [-0.39, 0.29) is 11.7 Å². The third-order valence-corrected chi connectivity index (χ3v) is 5.82. The molecule has 0 unspecified atom stereocenters. The van der Waals surface area contributed by atoms with Gasteiger partial charge in [-0.1, -0.05) is 53.7 Å². The van der Waals surface area contributed by atoms with E-state index in [1.165, 1.54) is 22.9 Å². The lowest BCUT2D eigenvalue weighted by molar-refractivity contribution is -0.113. The van der Waals surface area contributed by atoms with E-state index in [0.717, 1.165) is 33.2 Å². The number of thioether (sulfide) groups is 1. The summed E-state index contributed by atoms with van der Waals surface area (Å²) in [4.78, 5) is 22.1. The third kappa shape index (κ3) is 5.41. The molecule has 3 aromatic carbocycles. The molecule has 0 saturated carbocycles. The summed E-state index contributed by atoms with van der Waals surface area (Å²) in [5.41, 5.74) is 5.68. The van der Waals surface area contributed by atoms with Crippen molar-refractivity contribution in [3.05, 3.63) is 89.6 Å². The Balaban J connectivity index is 1.52. The van der Waals surface area contributed by atoms with Crippen LogP contribution in [-0.4, -0.2) is 28.7 Å². The quantitative estimate of drug-likeness (QED) is 0.406. The first-order valence-corrected chi connectivity index (χ1v) is 11.0. The number of aryl methyl sites for hydroxylation is 1. The lowest BCUT2D eigenvalue weighted by atomic mass is 10.1. The molecule has 0 radical (unpaired) electrons. The number of anilines is 1. The highest BCUT2D eigenvalue weighted by Crippen LogP contribution is 2.25. The Kier molecular flexibility index (Phi) is 6.48. The number of ether oxygens (including phenoxy) is 1. The number of aromatic nitrogens is 2. The number of para-hydroxylation sites is 2. The smallest absolute Gasteiger partial charge is 0.234 e. The van der Waals surface area contributed by atoms with Crippen LogP contribution in [0, 0.1) is 6.92 Å². The minimum absolute atomic E-state index is 0.0913. The van der Waals surface area contributed by atoms with Crippen molar-refractivity contribution in [3.63, 3.8) is 0 Å². The van der Waals surface area contributed by atoms with Gasteiger partial charge in [-0.3, -0.25) is 4.79 Å². The maximum Gasteiger partial charge on any atom is 0.234 e. The van der Waals surface area contributed by atoms with E-state index in [1.54, 1.807) is 7.11 Å². The van der Waals surface area contributed by atoms with Crippen molar-refractivity contribution in [3.8, 4) is 5.75 Å². The summed E-state index contributed by atoms with van der Waals surface area (Å²) in [5, 5.41) is 3.69. The highest BCUT2D eigenvalue weighted by atomic mass is 32.2. The van der Waals surface area contributed by atoms with Crippen molar-refractivity contribution in [2.45, 2.75) is 18.4 Å². The van der Waals surface area contributed by atoms with Gasteiger partial charge in [-0.25, -0.2) is 9.97 Å². The average Bonchev–Trinajstić information content (AvgIpc) is 2.79. The number of hydrogen-bond acceptors (Lipinski definition) is 5. The second-order valence-electron chi connectivity index (χ2n) is 7.19. The zero-order valence-corrected chi connectivity index (χ0v) is 18.3. The predicted octanol–water partition coefficient (Wildman–Crippen LogP) is 5.27. The summed E-state index contributed by atoms with van der Waals surface area (Å²) in [6, 6.07) is 23.5. The molecular formula is C25H23N3O2S. The Labute approximate surface area is 185 Å². The number of nitrogens with one attached hydrogen (secondary N) is 1. The summed E-state index contributed by atoms with van der Waals surface area (Å²) < 4.78 is 5.15. The average molecular weight is 430 g/mol. The number of benzene rings is 3. The van der Waals surface area contributed by atoms with Gasteiger partial charge in [0.15, 0.2) is 0 Å². The monoisotopic (exact) mass is 429 g/mol. The molecule has 0 fully saturated rings. The molecule has 1 N–H and O–H groups in total. The number of rotatable bonds is 7. The van der Waals surface area contributed by atoms with Crippen molar-refractivity contribution >= 4 is 34.4 Å². The van der Waals surface area contributed by atoms with Crippen molar-refractivity contribution in [1.82, 2.24) is 9.97 Å². The van der Waals surface area contributed by atoms with Crippen LogP contribution < -0.4 is 10.1 Å². The molecular weight excluding hydrogens is 406 g/mol. The van der Waals surface area contributed by atoms with Gasteiger partial charge in [0, 0.05) is 12.1 Å². The fourth-order valence-corrected chi connectivity index (χ4v) is 3.94. The molecule has 0 atom stereocenters. The number of carbonyl (C=O) groups excluding carboxylic acids is 1. The molecule has 4 rings (SSSR count). The molecule has 5 nitrogen and oxygen atoms in total. The van der Waals surface area contributed by atoms with Crippen molar-refractivity contribution in [2.75, 3.05) is 18.2 Å². The maximum atomic E-state index is 12.5. The Morgan fingerprint density at radius 3 is 2.29 bits per heavy atom. The fourth-order valence-electron chi connectivity index (χ4n) is 3.16. The highest BCUT2D eigenvalue weighted by Gasteiger charge is 2.13. The van der Waals surface area contributed by atoms with E-state index in [0.29, 0.717) is 6.42 Å². The van der Waals surface area contributed by atoms with Gasteiger partial charge >= 0.3 is 0 Å². The first-order valence-electron chi connectivity index (χ1n) is 9.98. The number of fused-ring (bicyclic) bond motifs is 1. The zero-order valence-electron chi connectivity index (χ0n) is 17.5. The lowest BCUT2D eigenvalue weighted by Crippen LogP contribution is -2.14. The molecule has 0 aliphatic carbocycles. The first-order chi connectivity index (χ1) is 15.1. The van der Waals surface area contributed by atoms with Crippen molar-refractivity contribution in [2.24, 2.45) is 0 Å². The lowest BCUT2D eigenvalue weighted by Gasteiger charge is -2.10. The Morgan fingerprint density at radius 1 is 0.935 bits per heavy atom. The van der Waals surface area contributed by atoms with Crippen LogP contribution >= 0.6 is 11.8 Å². The van der Waals surface area contributed by atoms with Crippen LogP contribution in [-0.2, 0) is 11.2 Å². The zero-order chi connectivity index (χ0) is 21.6. The van der Waals surface area contributed by atoms with Gasteiger partial charge in [0.2, 0.25) is 5.91 Å². The van der Waals surface area contributed by atoms with Gasteiger partial charge in [0.25, 0.3) is 0 Å². The molecule has 0 saturated heterocycles. The number of amides is 1. The normalized spacial score (nSPS) is 10.8. The van der Waals surface area contributed by atoms with E-state index in [9.17, 15) is 4.79 Å². The molecule has 156 valence electrons. The van der Waals surface area contributed by atoms with E-state index in [4.69, 9.17) is 14.7 Å². The number of methoxy groups -OCH3 is 1. The van der Waals surface area contributed by atoms with Crippen LogP contribution in [0.4, 0.5) is 5.69 Å². The molecule has 0 bridgehead atoms. The van der Waals surface area contributed by atoms with Gasteiger partial charge in [-0.2, -0.15) is 0 Å². The maximum absolute atomic E-state index is 12.5. The molecule has 0 aliphatic heterocycles. The van der Waals surface area contributed by atoms with Crippen LogP contribution in [0.15, 0.2) is 77.8 Å². The molecule has 31 heavy (non-hydrogen) atoms. The molecule has 1 amide bonds. The van der Waals surface area contributed by atoms with Crippen LogP contribution in [0.25, 0.3) is 11.0 Å². The van der Waals surface area contributed by atoms with Crippen LogP contribution in [0.1, 0.15) is 16.8 Å². The molecule has 6 heteroatoms. The molecule has 4 aromatic rings. The van der Waals surface area contributed by atoms with Gasteiger partial charge in [0.1, 0.15) is 10.8 Å². The van der Waals surface area contributed by atoms with Crippen molar-refractivity contribution in [1.29, 1.82) is 0 Å². The van der Waals surface area contributed by atoms with E-state index in [1.807, 2.05) is 48.5 Å². The molecule has 0 aliphatic rings. The summed E-state index contributed by atoms with van der Waals surface area (Å²) in [7, 11) is 1.61. The summed E-state index contributed by atoms with van der Waals surface area (Å²) in [6.07, 6.45) is 0.667. The fraction of sp³-hybridized carbons (Fsp3) is 0.160. The van der Waals surface area contributed by atoms with Gasteiger partial charge in [-0.05, 0) is 48.9 Å². The largest absolute Gasteiger partial charge is 0.497 e. The minimum atomic E-state index is -0.0913. The Morgan fingerprint density at radius 2 is 1.61 bits per heavy atom. The summed E-state index contributed by atoms with van der Waals surface area (Å²) in [6.45, 7) is 2.07. The minimum Gasteiger partial charge on any atom is -0.497 e. The topological polar surface area (TPSA) is 64.1 Å². The second-order valence-corrected chi connectivity index (χ2v) is 8.16. The standard InChI is InChI=1S/C25H23N3O2S/c1-17-7-9-18(10-8-17)15-23-25(28-22-6-4-3-5-21(22)27-23)31-16-24(29)26-19-11-13-20(30-2)14-12-19/h3-14H,15-16H2,1-2H3,(H,26,29). The number of nitrogens with zero attached hydrogens (tertiary/aromatic N) is 2. The van der Waals surface area contributed by atoms with E-state index < -0.39 is 0 Å². The third-order valence-electron chi connectivity index (χ3n) is 4.81. The van der Waals surface area contributed by atoms with Crippen LogP contribution in [0.5, 0.6) is 5.75 Å². The number of carbonyl (C=O) groups is 1. The second kappa shape index (κ2) is 9.62. The van der Waals surface area contributed by atoms with Gasteiger partial charge in [-0.15, -0.1) is 0 Å². The summed E-state index contributed by atoms with van der Waals surface area (Å²) in [5.74, 6) is 0.908. The van der Waals surface area contributed by atoms with E-state index >= 15 is 0 Å². The Hall–Kier alpha value is -3.38. The van der Waals surface area contributed by atoms with Crippen LogP contribution in [0.2, 0.25) is 0 Å². The number of hydrogen-bond donors (Lipinski definition) is 1. The molecule has 1 aromatic heterocycles.